The molecule has 1 amide bonds. The Morgan fingerprint density at radius 3 is 2.59 bits per heavy atom. The van der Waals surface area contributed by atoms with E-state index in [0.29, 0.717) is 29.4 Å². The molecule has 144 valence electrons. The number of sulfonamides is 1. The van der Waals surface area contributed by atoms with E-state index in [9.17, 15) is 13.2 Å². The zero-order valence-corrected chi connectivity index (χ0v) is 16.6. The Hall–Kier alpha value is -2.09. The van der Waals surface area contributed by atoms with Gasteiger partial charge in [-0.2, -0.15) is 0 Å². The summed E-state index contributed by atoms with van der Waals surface area (Å²) in [6.45, 7) is 3.05. The molecule has 1 N–H and O–H groups in total. The van der Waals surface area contributed by atoms with E-state index in [0.717, 1.165) is 19.5 Å². The van der Waals surface area contributed by atoms with Gasteiger partial charge in [0, 0.05) is 30.2 Å². The summed E-state index contributed by atoms with van der Waals surface area (Å²) < 4.78 is 27.8. The second-order valence-electron chi connectivity index (χ2n) is 6.59. The van der Waals surface area contributed by atoms with Gasteiger partial charge in [-0.05, 0) is 56.4 Å². The van der Waals surface area contributed by atoms with Gasteiger partial charge in [-0.15, -0.1) is 0 Å². The molecule has 8 heteroatoms. The van der Waals surface area contributed by atoms with Crippen LogP contribution in [0.5, 0.6) is 0 Å². The Labute approximate surface area is 164 Å². The van der Waals surface area contributed by atoms with Crippen LogP contribution in [-0.2, 0) is 10.0 Å². The normalized spacial score (nSPS) is 16.0. The summed E-state index contributed by atoms with van der Waals surface area (Å²) in [7, 11) is -1.79. The van der Waals surface area contributed by atoms with Crippen molar-refractivity contribution >= 4 is 33.2 Å². The van der Waals surface area contributed by atoms with Crippen LogP contribution in [0.2, 0.25) is 5.02 Å². The lowest BCUT2D eigenvalue weighted by atomic mass is 10.2. The molecule has 0 aromatic heterocycles. The van der Waals surface area contributed by atoms with Crippen LogP contribution in [0.3, 0.4) is 0 Å². The van der Waals surface area contributed by atoms with Gasteiger partial charge in [0.25, 0.3) is 15.9 Å². The monoisotopic (exact) mass is 407 g/mol. The molecule has 27 heavy (non-hydrogen) atoms. The van der Waals surface area contributed by atoms with Crippen LogP contribution in [0.15, 0.2) is 53.4 Å². The van der Waals surface area contributed by atoms with Crippen molar-refractivity contribution in [1.82, 2.24) is 9.80 Å². The van der Waals surface area contributed by atoms with Crippen LogP contribution in [0, 0.1) is 0 Å². The fraction of sp³-hybridized carbons (Fsp3) is 0.316. The van der Waals surface area contributed by atoms with Gasteiger partial charge >= 0.3 is 0 Å². The summed E-state index contributed by atoms with van der Waals surface area (Å²) in [6, 6.07) is 12.6. The molecule has 1 aliphatic rings. The molecule has 0 saturated carbocycles. The quantitative estimate of drug-likeness (QED) is 0.846. The minimum Gasteiger partial charge on any atom is -0.337 e. The van der Waals surface area contributed by atoms with Gasteiger partial charge in [0.15, 0.2) is 0 Å². The van der Waals surface area contributed by atoms with Crippen molar-refractivity contribution in [2.24, 2.45) is 0 Å². The maximum Gasteiger partial charge on any atom is 0.261 e. The van der Waals surface area contributed by atoms with Gasteiger partial charge < -0.3 is 9.80 Å². The Bertz CT molecular complexity index is 933. The van der Waals surface area contributed by atoms with Gasteiger partial charge in [-0.3, -0.25) is 9.52 Å². The summed E-state index contributed by atoms with van der Waals surface area (Å²) in [5.74, 6) is -0.148. The number of carbonyl (C=O) groups excluding carboxylic acids is 1. The summed E-state index contributed by atoms with van der Waals surface area (Å²) in [5.41, 5.74) is 0.739. The average molecular weight is 408 g/mol. The van der Waals surface area contributed by atoms with Crippen molar-refractivity contribution in [2.75, 3.05) is 37.9 Å². The lowest BCUT2D eigenvalue weighted by Crippen LogP contribution is -2.34. The Morgan fingerprint density at radius 2 is 1.81 bits per heavy atom. The van der Waals surface area contributed by atoms with Gasteiger partial charge in [0.1, 0.15) is 0 Å². The summed E-state index contributed by atoms with van der Waals surface area (Å²) in [5, 5.41) is 0.435. The number of halogens is 1. The largest absolute Gasteiger partial charge is 0.337 e. The molecular weight excluding hydrogens is 386 g/mol. The molecule has 6 nitrogen and oxygen atoms in total. The van der Waals surface area contributed by atoms with Crippen molar-refractivity contribution in [2.45, 2.75) is 11.3 Å². The maximum atomic E-state index is 12.8. The second kappa shape index (κ2) is 8.29. The molecule has 0 spiro atoms. The van der Waals surface area contributed by atoms with Crippen LogP contribution < -0.4 is 4.72 Å². The molecular formula is C19H22ClN3O3S. The third-order valence-corrected chi connectivity index (χ3v) is 6.09. The fourth-order valence-electron chi connectivity index (χ4n) is 2.99. The number of likely N-dealkylation sites (N-methyl/N-ethyl adjacent to an activating group) is 1. The first kappa shape index (κ1) is 19.7. The molecule has 1 fully saturated rings. The zero-order valence-electron chi connectivity index (χ0n) is 15.1. The van der Waals surface area contributed by atoms with Crippen LogP contribution >= 0.6 is 11.6 Å². The van der Waals surface area contributed by atoms with Crippen molar-refractivity contribution in [3.05, 3.63) is 59.1 Å². The number of carbonyl (C=O) groups is 1. The minimum absolute atomic E-state index is 0.0419. The lowest BCUT2D eigenvalue weighted by Gasteiger charge is -2.21. The van der Waals surface area contributed by atoms with Crippen molar-refractivity contribution in [3.8, 4) is 0 Å². The van der Waals surface area contributed by atoms with Crippen LogP contribution in [0.4, 0.5) is 5.69 Å². The van der Waals surface area contributed by atoms with E-state index in [2.05, 4.69) is 9.62 Å². The summed E-state index contributed by atoms with van der Waals surface area (Å²) in [4.78, 5) is 16.8. The molecule has 0 bridgehead atoms. The SMILES string of the molecule is CN1CCCN(C(=O)c2cccc(S(=O)(=O)Nc3cccc(Cl)c3)c2)CC1. The van der Waals surface area contributed by atoms with E-state index >= 15 is 0 Å². The zero-order chi connectivity index (χ0) is 19.4. The predicted octanol–water partition coefficient (Wildman–Crippen LogP) is 2.92. The van der Waals surface area contributed by atoms with E-state index in [-0.39, 0.29) is 10.8 Å². The smallest absolute Gasteiger partial charge is 0.261 e. The van der Waals surface area contributed by atoms with Gasteiger partial charge in [-0.25, -0.2) is 8.42 Å². The average Bonchev–Trinajstić information content (AvgIpc) is 2.85. The molecule has 0 radical (unpaired) electrons. The molecule has 1 saturated heterocycles. The highest BCUT2D eigenvalue weighted by atomic mass is 35.5. The van der Waals surface area contributed by atoms with Gasteiger partial charge in [0.2, 0.25) is 0 Å². The number of benzene rings is 2. The third-order valence-electron chi connectivity index (χ3n) is 4.47. The highest BCUT2D eigenvalue weighted by Gasteiger charge is 2.21. The minimum atomic E-state index is -3.82. The molecule has 2 aromatic carbocycles. The van der Waals surface area contributed by atoms with Crippen molar-refractivity contribution in [3.63, 3.8) is 0 Å². The van der Waals surface area contributed by atoms with Crippen LogP contribution in [-0.4, -0.2) is 57.4 Å². The number of amides is 1. The first-order valence-corrected chi connectivity index (χ1v) is 10.6. The molecule has 0 aliphatic carbocycles. The number of hydrogen-bond acceptors (Lipinski definition) is 4. The summed E-state index contributed by atoms with van der Waals surface area (Å²) >= 11 is 5.91. The van der Waals surface area contributed by atoms with Gasteiger partial charge in [-0.1, -0.05) is 23.7 Å². The van der Waals surface area contributed by atoms with E-state index < -0.39 is 10.0 Å². The number of anilines is 1. The van der Waals surface area contributed by atoms with Crippen LogP contribution in [0.25, 0.3) is 0 Å². The Kier molecular flexibility index (Phi) is 6.04. The van der Waals surface area contributed by atoms with Crippen LogP contribution in [0.1, 0.15) is 16.8 Å². The van der Waals surface area contributed by atoms with E-state index in [4.69, 9.17) is 11.6 Å². The topological polar surface area (TPSA) is 69.7 Å². The predicted molar refractivity (Wildman–Crippen MR) is 107 cm³/mol. The summed E-state index contributed by atoms with van der Waals surface area (Å²) in [6.07, 6.45) is 0.899. The highest BCUT2D eigenvalue weighted by molar-refractivity contribution is 7.92. The number of rotatable bonds is 4. The van der Waals surface area contributed by atoms with E-state index in [1.54, 1.807) is 35.2 Å². The van der Waals surface area contributed by atoms with Crippen molar-refractivity contribution < 1.29 is 13.2 Å². The van der Waals surface area contributed by atoms with E-state index in [1.807, 2.05) is 7.05 Å². The third kappa shape index (κ3) is 5.00. The Morgan fingerprint density at radius 1 is 1.04 bits per heavy atom. The number of nitrogens with zero attached hydrogens (tertiary/aromatic N) is 2. The maximum absolute atomic E-state index is 12.8. The van der Waals surface area contributed by atoms with Crippen molar-refractivity contribution in [1.29, 1.82) is 0 Å². The first-order chi connectivity index (χ1) is 12.8. The molecule has 0 unspecified atom stereocenters. The highest BCUT2D eigenvalue weighted by Crippen LogP contribution is 2.21. The first-order valence-electron chi connectivity index (χ1n) is 8.71. The number of hydrogen-bond donors (Lipinski definition) is 1. The molecule has 3 rings (SSSR count). The molecule has 1 heterocycles. The standard InChI is InChI=1S/C19H22ClN3O3S/c1-22-9-4-10-23(12-11-22)19(24)15-5-2-8-18(13-15)27(25,26)21-17-7-3-6-16(20)14-17/h2-3,5-8,13-14,21H,4,9-12H2,1H3. The number of nitrogens with one attached hydrogen (secondary N) is 1. The fourth-order valence-corrected chi connectivity index (χ4v) is 4.28. The molecule has 1 aliphatic heterocycles. The molecule has 2 aromatic rings. The van der Waals surface area contributed by atoms with Gasteiger partial charge in [0.05, 0.1) is 10.6 Å². The second-order valence-corrected chi connectivity index (χ2v) is 8.71. The molecule has 0 atom stereocenters. The lowest BCUT2D eigenvalue weighted by molar-refractivity contribution is 0.0762. The Balaban J connectivity index is 1.81. The van der Waals surface area contributed by atoms with E-state index in [1.165, 1.54) is 18.2 Å².